The van der Waals surface area contributed by atoms with E-state index < -0.39 is 12.1 Å². The summed E-state index contributed by atoms with van der Waals surface area (Å²) in [6.45, 7) is 5.91. The highest BCUT2D eigenvalue weighted by molar-refractivity contribution is 5.65. The Balaban J connectivity index is 1.14. The zero-order chi connectivity index (χ0) is 26.9. The van der Waals surface area contributed by atoms with Crippen molar-refractivity contribution in [3.05, 3.63) is 88.8 Å². The topological polar surface area (TPSA) is 73.6 Å². The molecule has 6 rings (SSSR count). The third kappa shape index (κ3) is 5.58. The quantitative estimate of drug-likeness (QED) is 0.404. The molecule has 8 heteroatoms. The molecular weight excluding hydrogens is 493 g/mol. The van der Waals surface area contributed by atoms with Crippen molar-refractivity contribution < 1.29 is 14.3 Å². The summed E-state index contributed by atoms with van der Waals surface area (Å²) < 4.78 is 16.4. The number of piperidine rings is 1. The average molecular weight is 532 g/mol. The van der Waals surface area contributed by atoms with Crippen LogP contribution in [0.1, 0.15) is 72.5 Å². The average Bonchev–Trinajstić information content (AvgIpc) is 3.37. The number of carbonyl (C=O) groups is 1. The number of hydrogen-bond acceptors (Lipinski definition) is 4. The molecule has 1 aromatic heterocycles. The zero-order valence-electron chi connectivity index (χ0n) is 22.6. The summed E-state index contributed by atoms with van der Waals surface area (Å²) in [6.07, 6.45) is 5.09. The Morgan fingerprint density at radius 1 is 1.10 bits per heavy atom. The molecule has 2 N–H and O–H groups in total. The van der Waals surface area contributed by atoms with Gasteiger partial charge in [0, 0.05) is 50.7 Å². The van der Waals surface area contributed by atoms with Crippen LogP contribution in [0.5, 0.6) is 0 Å². The molecule has 2 aromatic carbocycles. The van der Waals surface area contributed by atoms with Gasteiger partial charge < -0.3 is 15.0 Å². The van der Waals surface area contributed by atoms with Crippen LogP contribution in [0.25, 0.3) is 0 Å². The molecule has 4 atom stereocenters. The van der Waals surface area contributed by atoms with E-state index in [4.69, 9.17) is 4.98 Å². The molecule has 7 nitrogen and oxygen atoms in total. The van der Waals surface area contributed by atoms with Crippen LogP contribution in [0.3, 0.4) is 0 Å². The van der Waals surface area contributed by atoms with Gasteiger partial charge in [-0.3, -0.25) is 9.80 Å². The number of fused-ring (bicyclic) bond motifs is 3. The summed E-state index contributed by atoms with van der Waals surface area (Å²) >= 11 is 0. The molecule has 0 saturated carbocycles. The number of hydrogen-bond donors (Lipinski definition) is 2. The van der Waals surface area contributed by atoms with E-state index in [1.165, 1.54) is 41.9 Å². The normalized spacial score (nSPS) is 23.9. The molecule has 0 unspecified atom stereocenters. The number of benzene rings is 2. The number of amides is 1. The molecule has 2 fully saturated rings. The molecule has 2 saturated heterocycles. The molecule has 206 valence electrons. The maximum absolute atomic E-state index is 13.9. The predicted octanol–water partition coefficient (Wildman–Crippen LogP) is 5.46. The van der Waals surface area contributed by atoms with Crippen LogP contribution in [0.2, 0.25) is 0 Å². The van der Waals surface area contributed by atoms with E-state index in [0.717, 1.165) is 51.3 Å². The lowest BCUT2D eigenvalue weighted by Gasteiger charge is -2.41. The Bertz CT molecular complexity index is 1300. The monoisotopic (exact) mass is 531 g/mol. The Kier molecular flexibility index (Phi) is 7.40. The van der Waals surface area contributed by atoms with Crippen molar-refractivity contribution in [1.29, 1.82) is 0 Å². The van der Waals surface area contributed by atoms with Crippen LogP contribution < -0.4 is 5.32 Å². The van der Waals surface area contributed by atoms with Crippen molar-refractivity contribution in [3.8, 4) is 0 Å². The van der Waals surface area contributed by atoms with Crippen LogP contribution in [0.15, 0.2) is 54.6 Å². The number of imidazole rings is 1. The summed E-state index contributed by atoms with van der Waals surface area (Å²) in [6, 6.07) is 18.0. The largest absolute Gasteiger partial charge is 0.465 e. The molecule has 0 radical (unpaired) electrons. The van der Waals surface area contributed by atoms with Crippen molar-refractivity contribution in [1.82, 2.24) is 24.7 Å². The van der Waals surface area contributed by atoms with Gasteiger partial charge in [-0.1, -0.05) is 42.5 Å². The van der Waals surface area contributed by atoms with E-state index in [2.05, 4.69) is 56.9 Å². The predicted molar refractivity (Wildman–Crippen MR) is 148 cm³/mol. The smallest absolute Gasteiger partial charge is 0.405 e. The van der Waals surface area contributed by atoms with Crippen LogP contribution >= 0.6 is 0 Å². The number of aromatic nitrogens is 2. The summed E-state index contributed by atoms with van der Waals surface area (Å²) in [4.78, 5) is 21.6. The summed E-state index contributed by atoms with van der Waals surface area (Å²) in [5.74, 6) is 0.795. The third-order valence-electron chi connectivity index (χ3n) is 9.01. The number of rotatable bonds is 8. The standard InChI is InChI=1S/C31H38FN5O2/c1-21-33-29-12-14-35(19-22-6-3-2-4-7-22)20-30(29)37(21)27-17-25-10-11-26(18-27)36(25)15-13-28(34-31(38)39)23-8-5-9-24(32)16-23/h2-9,16,25-28,34H,10-15,17-20H2,1H3,(H,38,39)/t25-,26+,27+,28-/m0/s1. The molecule has 0 spiro atoms. The highest BCUT2D eigenvalue weighted by Gasteiger charge is 2.42. The molecule has 0 aliphatic carbocycles. The van der Waals surface area contributed by atoms with E-state index in [1.807, 2.05) is 0 Å². The second-order valence-electron chi connectivity index (χ2n) is 11.5. The minimum Gasteiger partial charge on any atom is -0.465 e. The van der Waals surface area contributed by atoms with Crippen molar-refractivity contribution in [2.24, 2.45) is 0 Å². The van der Waals surface area contributed by atoms with Crippen molar-refractivity contribution >= 4 is 6.09 Å². The third-order valence-corrected chi connectivity index (χ3v) is 9.01. The van der Waals surface area contributed by atoms with Crippen LogP contribution in [0, 0.1) is 12.7 Å². The van der Waals surface area contributed by atoms with Crippen LogP contribution in [-0.4, -0.2) is 55.7 Å². The molecule has 2 bridgehead atoms. The fourth-order valence-electron chi connectivity index (χ4n) is 7.33. The molecule has 3 aliphatic heterocycles. The van der Waals surface area contributed by atoms with E-state index in [-0.39, 0.29) is 5.82 Å². The van der Waals surface area contributed by atoms with Gasteiger partial charge in [-0.2, -0.15) is 0 Å². The minimum absolute atomic E-state index is 0.341. The lowest BCUT2D eigenvalue weighted by Crippen LogP contribution is -2.45. The second-order valence-corrected chi connectivity index (χ2v) is 11.5. The maximum Gasteiger partial charge on any atom is 0.405 e. The van der Waals surface area contributed by atoms with Crippen molar-refractivity contribution in [2.45, 2.75) is 82.7 Å². The first-order valence-electron chi connectivity index (χ1n) is 14.3. The second kappa shape index (κ2) is 11.1. The van der Waals surface area contributed by atoms with Gasteiger partial charge in [-0.15, -0.1) is 0 Å². The first-order chi connectivity index (χ1) is 18.9. The van der Waals surface area contributed by atoms with Gasteiger partial charge in [0.2, 0.25) is 0 Å². The van der Waals surface area contributed by atoms with Crippen LogP contribution in [0.4, 0.5) is 9.18 Å². The Morgan fingerprint density at radius 3 is 2.59 bits per heavy atom. The number of aryl methyl sites for hydroxylation is 1. The fourth-order valence-corrected chi connectivity index (χ4v) is 7.33. The number of carboxylic acid groups (broad SMARTS) is 1. The maximum atomic E-state index is 13.9. The van der Waals surface area contributed by atoms with E-state index in [1.54, 1.807) is 12.1 Å². The molecule has 3 aromatic rings. The summed E-state index contributed by atoms with van der Waals surface area (Å²) in [5.41, 5.74) is 4.69. The fraction of sp³-hybridized carbons (Fsp3) is 0.484. The number of nitrogens with one attached hydrogen (secondary N) is 1. The van der Waals surface area contributed by atoms with E-state index in [9.17, 15) is 14.3 Å². The van der Waals surface area contributed by atoms with Gasteiger partial charge in [-0.25, -0.2) is 14.2 Å². The van der Waals surface area contributed by atoms with E-state index in [0.29, 0.717) is 30.1 Å². The van der Waals surface area contributed by atoms with Gasteiger partial charge >= 0.3 is 6.09 Å². The molecule has 39 heavy (non-hydrogen) atoms. The van der Waals surface area contributed by atoms with Gasteiger partial charge in [-0.05, 0) is 62.3 Å². The van der Waals surface area contributed by atoms with E-state index >= 15 is 0 Å². The number of halogens is 1. The van der Waals surface area contributed by atoms with Crippen molar-refractivity contribution in [2.75, 3.05) is 13.1 Å². The van der Waals surface area contributed by atoms with Crippen molar-refractivity contribution in [3.63, 3.8) is 0 Å². The van der Waals surface area contributed by atoms with Gasteiger partial charge in [0.05, 0.1) is 17.4 Å². The first-order valence-corrected chi connectivity index (χ1v) is 14.3. The zero-order valence-corrected chi connectivity index (χ0v) is 22.6. The minimum atomic E-state index is -1.08. The highest BCUT2D eigenvalue weighted by Crippen LogP contribution is 2.43. The summed E-state index contributed by atoms with van der Waals surface area (Å²) in [7, 11) is 0. The summed E-state index contributed by atoms with van der Waals surface area (Å²) in [5, 5.41) is 12.0. The molecule has 3 aliphatic rings. The SMILES string of the molecule is Cc1nc2c(n1[C@H]1C[C@H]3CC[C@@H](C1)N3CC[C@H](NC(=O)O)c1cccc(F)c1)CN(Cc1ccccc1)CC2. The molecular formula is C31H38FN5O2. The Labute approximate surface area is 229 Å². The van der Waals surface area contributed by atoms with Gasteiger partial charge in [0.15, 0.2) is 0 Å². The lowest BCUT2D eigenvalue weighted by atomic mass is 9.95. The number of nitrogens with zero attached hydrogens (tertiary/aromatic N) is 4. The lowest BCUT2D eigenvalue weighted by molar-refractivity contribution is 0.0982. The molecule has 1 amide bonds. The Morgan fingerprint density at radius 2 is 1.87 bits per heavy atom. The highest BCUT2D eigenvalue weighted by atomic mass is 19.1. The first kappa shape index (κ1) is 26.0. The Hall–Kier alpha value is -3.23. The van der Waals surface area contributed by atoms with Crippen LogP contribution in [-0.2, 0) is 19.5 Å². The van der Waals surface area contributed by atoms with Gasteiger partial charge in [0.1, 0.15) is 11.6 Å². The van der Waals surface area contributed by atoms with Gasteiger partial charge in [0.25, 0.3) is 0 Å². The molecule has 4 heterocycles.